The summed E-state index contributed by atoms with van der Waals surface area (Å²) in [4.78, 5) is 22.6. The van der Waals surface area contributed by atoms with Gasteiger partial charge in [0.25, 0.3) is 0 Å². The molecule has 0 aliphatic carbocycles. The summed E-state index contributed by atoms with van der Waals surface area (Å²) >= 11 is 6.25. The molecular weight excluding hydrogens is 432 g/mol. The SMILES string of the molecule is CN(C)CCNC(=O)Cn1cc(Nc2ncc(Cl)c(N[C@H](CO)c3ccccc3)n2)cn1. The van der Waals surface area contributed by atoms with Crippen LogP contribution >= 0.6 is 11.6 Å². The molecule has 0 unspecified atom stereocenters. The molecule has 0 fully saturated rings. The second-order valence-corrected chi connectivity index (χ2v) is 7.79. The molecule has 1 amide bonds. The van der Waals surface area contributed by atoms with Gasteiger partial charge in [0.05, 0.1) is 30.7 Å². The molecular formula is C21H27ClN8O2. The van der Waals surface area contributed by atoms with Gasteiger partial charge in [0.1, 0.15) is 11.6 Å². The van der Waals surface area contributed by atoms with E-state index in [2.05, 4.69) is 31.0 Å². The number of rotatable bonds is 11. The number of aliphatic hydroxyl groups excluding tert-OH is 1. The molecule has 32 heavy (non-hydrogen) atoms. The number of aromatic nitrogens is 4. The van der Waals surface area contributed by atoms with E-state index in [4.69, 9.17) is 11.6 Å². The first-order chi connectivity index (χ1) is 15.4. The van der Waals surface area contributed by atoms with Crippen molar-refractivity contribution in [2.75, 3.05) is 44.4 Å². The average Bonchev–Trinajstić information content (AvgIpc) is 3.20. The van der Waals surface area contributed by atoms with Crippen LogP contribution in [0.25, 0.3) is 0 Å². The normalized spacial score (nSPS) is 11.9. The van der Waals surface area contributed by atoms with Gasteiger partial charge in [-0.2, -0.15) is 10.1 Å². The van der Waals surface area contributed by atoms with Crippen LogP contribution in [-0.4, -0.2) is 69.5 Å². The molecule has 0 saturated heterocycles. The second kappa shape index (κ2) is 11.4. The minimum Gasteiger partial charge on any atom is -0.394 e. The number of carbonyl (C=O) groups excluding carboxylic acids is 1. The number of nitrogens with one attached hydrogen (secondary N) is 3. The molecule has 4 N–H and O–H groups in total. The summed E-state index contributed by atoms with van der Waals surface area (Å²) in [7, 11) is 3.89. The molecule has 1 atom stereocenters. The number of hydrogen-bond acceptors (Lipinski definition) is 8. The van der Waals surface area contributed by atoms with E-state index in [0.717, 1.165) is 12.1 Å². The van der Waals surface area contributed by atoms with Crippen LogP contribution in [-0.2, 0) is 11.3 Å². The summed E-state index contributed by atoms with van der Waals surface area (Å²) in [6.45, 7) is 1.32. The number of amides is 1. The predicted molar refractivity (Wildman–Crippen MR) is 124 cm³/mol. The standard InChI is InChI=1S/C21H27ClN8O2/c1-29(2)9-8-23-19(32)13-30-12-16(10-25-30)26-21-24-11-17(22)20(28-21)27-18(14-31)15-6-4-3-5-7-15/h3-7,10-12,18,31H,8-9,13-14H2,1-2H3,(H,23,32)(H2,24,26,27,28)/t18-/m1/s1. The molecule has 0 aliphatic rings. The van der Waals surface area contributed by atoms with E-state index in [9.17, 15) is 9.90 Å². The first-order valence-corrected chi connectivity index (χ1v) is 10.5. The van der Waals surface area contributed by atoms with E-state index in [-0.39, 0.29) is 25.1 Å². The molecule has 0 bridgehead atoms. The van der Waals surface area contributed by atoms with Crippen LogP contribution in [0.3, 0.4) is 0 Å². The number of hydrogen-bond donors (Lipinski definition) is 4. The highest BCUT2D eigenvalue weighted by Crippen LogP contribution is 2.25. The third-order valence-electron chi connectivity index (χ3n) is 4.52. The first-order valence-electron chi connectivity index (χ1n) is 10.1. The maximum Gasteiger partial charge on any atom is 0.241 e. The van der Waals surface area contributed by atoms with Crippen LogP contribution in [0.2, 0.25) is 5.02 Å². The zero-order valence-electron chi connectivity index (χ0n) is 18.0. The van der Waals surface area contributed by atoms with Crippen LogP contribution in [0, 0.1) is 0 Å². The molecule has 3 rings (SSSR count). The lowest BCUT2D eigenvalue weighted by Gasteiger charge is -2.18. The highest BCUT2D eigenvalue weighted by molar-refractivity contribution is 6.32. The molecule has 10 nitrogen and oxygen atoms in total. The van der Waals surface area contributed by atoms with Gasteiger partial charge >= 0.3 is 0 Å². The van der Waals surface area contributed by atoms with Crippen molar-refractivity contribution >= 4 is 35.0 Å². The van der Waals surface area contributed by atoms with Crippen molar-refractivity contribution in [1.82, 2.24) is 30.0 Å². The van der Waals surface area contributed by atoms with E-state index in [1.54, 1.807) is 12.4 Å². The number of aliphatic hydroxyl groups is 1. The number of likely N-dealkylation sites (N-methyl/N-ethyl adjacent to an activating group) is 1. The lowest BCUT2D eigenvalue weighted by molar-refractivity contribution is -0.121. The Morgan fingerprint density at radius 3 is 2.75 bits per heavy atom. The molecule has 0 spiro atoms. The highest BCUT2D eigenvalue weighted by Gasteiger charge is 2.14. The third kappa shape index (κ3) is 6.91. The van der Waals surface area contributed by atoms with Gasteiger partial charge in [0, 0.05) is 19.3 Å². The van der Waals surface area contributed by atoms with Crippen molar-refractivity contribution in [3.8, 4) is 0 Å². The number of carbonyl (C=O) groups is 1. The first kappa shape index (κ1) is 23.5. The monoisotopic (exact) mass is 458 g/mol. The maximum absolute atomic E-state index is 12.0. The number of anilines is 3. The Hall–Kier alpha value is -3.21. The number of benzene rings is 1. The van der Waals surface area contributed by atoms with Crippen molar-refractivity contribution < 1.29 is 9.90 Å². The van der Waals surface area contributed by atoms with Crippen molar-refractivity contribution in [1.29, 1.82) is 0 Å². The number of halogens is 1. The third-order valence-corrected chi connectivity index (χ3v) is 4.79. The van der Waals surface area contributed by atoms with Crippen molar-refractivity contribution in [3.63, 3.8) is 0 Å². The topological polar surface area (TPSA) is 120 Å². The second-order valence-electron chi connectivity index (χ2n) is 7.39. The lowest BCUT2D eigenvalue weighted by Crippen LogP contribution is -2.33. The largest absolute Gasteiger partial charge is 0.394 e. The van der Waals surface area contributed by atoms with E-state index >= 15 is 0 Å². The van der Waals surface area contributed by atoms with Crippen LogP contribution < -0.4 is 16.0 Å². The van der Waals surface area contributed by atoms with E-state index in [1.165, 1.54) is 10.9 Å². The summed E-state index contributed by atoms with van der Waals surface area (Å²) in [5, 5.41) is 23.3. The van der Waals surface area contributed by atoms with E-state index in [0.29, 0.717) is 29.0 Å². The molecule has 1 aromatic carbocycles. The van der Waals surface area contributed by atoms with E-state index < -0.39 is 0 Å². The van der Waals surface area contributed by atoms with Crippen molar-refractivity contribution in [3.05, 3.63) is 59.5 Å². The van der Waals surface area contributed by atoms with Gasteiger partial charge in [-0.3, -0.25) is 9.48 Å². The summed E-state index contributed by atoms with van der Waals surface area (Å²) in [6, 6.07) is 9.15. The number of nitrogens with zero attached hydrogens (tertiary/aromatic N) is 5. The van der Waals surface area contributed by atoms with Gasteiger partial charge in [0.2, 0.25) is 11.9 Å². The van der Waals surface area contributed by atoms with Crippen LogP contribution in [0.1, 0.15) is 11.6 Å². The molecule has 0 radical (unpaired) electrons. The maximum atomic E-state index is 12.0. The Labute approximate surface area is 191 Å². The summed E-state index contributed by atoms with van der Waals surface area (Å²) in [5.41, 5.74) is 1.53. The minimum atomic E-state index is -0.370. The van der Waals surface area contributed by atoms with Gasteiger partial charge in [0.15, 0.2) is 5.82 Å². The van der Waals surface area contributed by atoms with E-state index in [1.807, 2.05) is 49.3 Å². The summed E-state index contributed by atoms with van der Waals surface area (Å²) in [6.07, 6.45) is 4.75. The van der Waals surface area contributed by atoms with Crippen molar-refractivity contribution in [2.24, 2.45) is 0 Å². The Balaban J connectivity index is 1.62. The zero-order valence-corrected chi connectivity index (χ0v) is 18.8. The van der Waals surface area contributed by atoms with Crippen LogP contribution in [0.5, 0.6) is 0 Å². The fraction of sp³-hybridized carbons (Fsp3) is 0.333. The Bertz CT molecular complexity index is 1010. The molecule has 2 heterocycles. The average molecular weight is 459 g/mol. The lowest BCUT2D eigenvalue weighted by atomic mass is 10.1. The van der Waals surface area contributed by atoms with Gasteiger partial charge in [-0.05, 0) is 19.7 Å². The molecule has 3 aromatic rings. The molecule has 0 saturated carbocycles. The Morgan fingerprint density at radius 1 is 1.25 bits per heavy atom. The minimum absolute atomic E-state index is 0.110. The van der Waals surface area contributed by atoms with Gasteiger partial charge in [-0.25, -0.2) is 4.98 Å². The summed E-state index contributed by atoms with van der Waals surface area (Å²) in [5.74, 6) is 0.572. The molecule has 2 aromatic heterocycles. The zero-order chi connectivity index (χ0) is 22.9. The quantitative estimate of drug-likeness (QED) is 0.344. The fourth-order valence-electron chi connectivity index (χ4n) is 2.88. The highest BCUT2D eigenvalue weighted by atomic mass is 35.5. The fourth-order valence-corrected chi connectivity index (χ4v) is 3.02. The predicted octanol–water partition coefficient (Wildman–Crippen LogP) is 1.89. The van der Waals surface area contributed by atoms with Crippen LogP contribution in [0.4, 0.5) is 17.5 Å². The van der Waals surface area contributed by atoms with Crippen LogP contribution in [0.15, 0.2) is 48.9 Å². The summed E-state index contributed by atoms with van der Waals surface area (Å²) < 4.78 is 1.53. The smallest absolute Gasteiger partial charge is 0.241 e. The Morgan fingerprint density at radius 2 is 2.03 bits per heavy atom. The molecule has 11 heteroatoms. The van der Waals surface area contributed by atoms with Gasteiger partial charge < -0.3 is 26.0 Å². The van der Waals surface area contributed by atoms with Crippen molar-refractivity contribution in [2.45, 2.75) is 12.6 Å². The molecule has 170 valence electrons. The Kier molecular flexibility index (Phi) is 8.37. The molecule has 0 aliphatic heterocycles. The van der Waals surface area contributed by atoms with Gasteiger partial charge in [-0.1, -0.05) is 41.9 Å². The van der Waals surface area contributed by atoms with Gasteiger partial charge in [-0.15, -0.1) is 0 Å².